The molecule has 5 rings (SSSR count). The van der Waals surface area contributed by atoms with Gasteiger partial charge in [-0.15, -0.1) is 0 Å². The summed E-state index contributed by atoms with van der Waals surface area (Å²) in [5, 5.41) is 9.85. The third kappa shape index (κ3) is 4.04. The lowest BCUT2D eigenvalue weighted by molar-refractivity contribution is -0.129. The van der Waals surface area contributed by atoms with Gasteiger partial charge in [-0.25, -0.2) is 9.37 Å². The van der Waals surface area contributed by atoms with E-state index in [-0.39, 0.29) is 17.0 Å². The molecule has 168 valence electrons. The van der Waals surface area contributed by atoms with E-state index in [4.69, 9.17) is 5.26 Å². The fourth-order valence-corrected chi connectivity index (χ4v) is 6.19. The molecule has 0 saturated heterocycles. The predicted octanol–water partition coefficient (Wildman–Crippen LogP) is 6.00. The summed E-state index contributed by atoms with van der Waals surface area (Å²) < 4.78 is 13.9. The second-order valence-corrected chi connectivity index (χ2v) is 10.4. The Labute approximate surface area is 193 Å². The minimum absolute atomic E-state index is 0.215. The Morgan fingerprint density at radius 2 is 1.85 bits per heavy atom. The Hall–Kier alpha value is -3.13. The van der Waals surface area contributed by atoms with Crippen molar-refractivity contribution in [1.82, 2.24) is 9.97 Å². The van der Waals surface area contributed by atoms with Gasteiger partial charge in [0, 0.05) is 29.6 Å². The molecule has 0 aliphatic heterocycles. The van der Waals surface area contributed by atoms with Crippen LogP contribution >= 0.6 is 0 Å². The topological polar surface area (TPSA) is 66.6 Å². The van der Waals surface area contributed by atoms with E-state index in [1.54, 1.807) is 24.4 Å². The third-order valence-electron chi connectivity index (χ3n) is 8.24. The zero-order valence-corrected chi connectivity index (χ0v) is 19.1. The van der Waals surface area contributed by atoms with Gasteiger partial charge in [0.1, 0.15) is 23.4 Å². The number of pyridine rings is 2. The normalized spacial score (nSPS) is 24.5. The zero-order valence-electron chi connectivity index (χ0n) is 19.1. The molecule has 1 aromatic carbocycles. The van der Waals surface area contributed by atoms with Crippen LogP contribution < -0.4 is 0 Å². The molecule has 0 N–H and O–H groups in total. The number of carbonyl (C=O) groups is 1. The summed E-state index contributed by atoms with van der Waals surface area (Å²) >= 11 is 0. The average Bonchev–Trinajstić information content (AvgIpc) is 3.39. The second-order valence-electron chi connectivity index (χ2n) is 10.4. The van der Waals surface area contributed by atoms with E-state index in [0.717, 1.165) is 42.1 Å². The first-order valence-corrected chi connectivity index (χ1v) is 11.8. The first kappa shape index (κ1) is 21.7. The van der Waals surface area contributed by atoms with Gasteiger partial charge in [-0.1, -0.05) is 19.9 Å². The molecule has 0 spiro atoms. The van der Waals surface area contributed by atoms with Crippen molar-refractivity contribution in [2.45, 2.75) is 51.9 Å². The summed E-state index contributed by atoms with van der Waals surface area (Å²) in [6.07, 6.45) is 8.18. The van der Waals surface area contributed by atoms with Crippen LogP contribution in [0.5, 0.6) is 0 Å². The molecular weight excluding hydrogens is 413 g/mol. The smallest absolute Gasteiger partial charge is 0.143 e. The van der Waals surface area contributed by atoms with Gasteiger partial charge in [0.05, 0.1) is 5.52 Å². The van der Waals surface area contributed by atoms with Crippen LogP contribution in [0.1, 0.15) is 62.3 Å². The van der Waals surface area contributed by atoms with E-state index in [9.17, 15) is 9.18 Å². The largest absolute Gasteiger partial charge is 0.299 e. The second kappa shape index (κ2) is 8.33. The van der Waals surface area contributed by atoms with Crippen molar-refractivity contribution in [1.29, 1.82) is 5.26 Å². The highest BCUT2D eigenvalue weighted by Crippen LogP contribution is 2.56. The molecule has 3 aromatic rings. The maximum absolute atomic E-state index is 13.9. The Morgan fingerprint density at radius 3 is 2.52 bits per heavy atom. The highest BCUT2D eigenvalue weighted by molar-refractivity contribution is 5.86. The number of nitrogens with zero attached hydrogens (tertiary/aromatic N) is 3. The fraction of sp³-hybridized carbons (Fsp3) is 0.429. The zero-order chi connectivity index (χ0) is 23.2. The Kier molecular flexibility index (Phi) is 5.48. The molecule has 2 aliphatic carbocycles. The number of halogens is 1. The summed E-state index contributed by atoms with van der Waals surface area (Å²) in [4.78, 5) is 21.7. The van der Waals surface area contributed by atoms with Crippen molar-refractivity contribution in [2.75, 3.05) is 0 Å². The molecule has 0 bridgehead atoms. The van der Waals surface area contributed by atoms with Gasteiger partial charge in [0.2, 0.25) is 0 Å². The van der Waals surface area contributed by atoms with Gasteiger partial charge < -0.3 is 0 Å². The van der Waals surface area contributed by atoms with Crippen LogP contribution in [0, 0.1) is 40.3 Å². The molecule has 0 amide bonds. The predicted molar refractivity (Wildman–Crippen MR) is 125 cm³/mol. The number of benzene rings is 1. The first-order valence-electron chi connectivity index (χ1n) is 11.8. The van der Waals surface area contributed by atoms with E-state index in [0.29, 0.717) is 35.8 Å². The summed E-state index contributed by atoms with van der Waals surface area (Å²) in [6.45, 7) is 4.18. The lowest BCUT2D eigenvalue weighted by Crippen LogP contribution is -2.33. The molecule has 5 heteroatoms. The number of ketones is 1. The lowest BCUT2D eigenvalue weighted by atomic mass is 9.71. The van der Waals surface area contributed by atoms with E-state index in [1.165, 1.54) is 11.6 Å². The molecule has 2 unspecified atom stereocenters. The minimum Gasteiger partial charge on any atom is -0.299 e. The Balaban J connectivity index is 1.27. The van der Waals surface area contributed by atoms with Gasteiger partial charge in [-0.3, -0.25) is 9.78 Å². The van der Waals surface area contributed by atoms with Crippen molar-refractivity contribution in [3.8, 4) is 6.07 Å². The first-order chi connectivity index (χ1) is 15.8. The number of hydrogen-bond acceptors (Lipinski definition) is 4. The number of hydrogen-bond donors (Lipinski definition) is 0. The number of nitriles is 1. The number of rotatable bonds is 5. The molecule has 33 heavy (non-hydrogen) atoms. The standard InChI is InChI=1S/C28H28FN3O/c1-28(2,27(33)9-17-3-5-23(15-30)32-16-17)21-12-18-10-20(11-19(18)13-21)24-7-8-31-26-6-4-22(29)14-25(24)26/h3-8,14,16,18-21H,9-13H2,1-2H3/t18-,19+,20?,21?. The van der Waals surface area contributed by atoms with Crippen molar-refractivity contribution >= 4 is 16.7 Å². The van der Waals surface area contributed by atoms with Gasteiger partial charge in [0.25, 0.3) is 0 Å². The van der Waals surface area contributed by atoms with Crippen LogP contribution in [0.2, 0.25) is 0 Å². The van der Waals surface area contributed by atoms with Crippen molar-refractivity contribution in [2.24, 2.45) is 23.2 Å². The average molecular weight is 442 g/mol. The van der Waals surface area contributed by atoms with E-state index >= 15 is 0 Å². The molecule has 2 saturated carbocycles. The van der Waals surface area contributed by atoms with Gasteiger partial charge in [0.15, 0.2) is 0 Å². The summed E-state index contributed by atoms with van der Waals surface area (Å²) in [6, 6.07) is 12.4. The number of fused-ring (bicyclic) bond motifs is 2. The molecule has 2 aliphatic rings. The molecule has 2 fully saturated rings. The SMILES string of the molecule is CC(C)(C(=O)Cc1ccc(C#N)nc1)C1C[C@H]2CC(c3ccnc4ccc(F)cc34)C[C@H]2C1. The molecule has 4 atom stereocenters. The molecule has 2 heterocycles. The van der Waals surface area contributed by atoms with Crippen LogP contribution in [0.3, 0.4) is 0 Å². The van der Waals surface area contributed by atoms with Crippen molar-refractivity contribution in [3.63, 3.8) is 0 Å². The van der Waals surface area contributed by atoms with E-state index < -0.39 is 0 Å². The fourth-order valence-electron chi connectivity index (χ4n) is 6.19. The number of carbonyl (C=O) groups excluding carboxylic acids is 1. The van der Waals surface area contributed by atoms with E-state index in [2.05, 4.69) is 29.9 Å². The monoisotopic (exact) mass is 441 g/mol. The third-order valence-corrected chi connectivity index (χ3v) is 8.24. The highest BCUT2D eigenvalue weighted by atomic mass is 19.1. The number of Topliss-reactive ketones (excluding diaryl/α,β-unsaturated/α-hetero) is 1. The molecule has 2 aromatic heterocycles. The highest BCUT2D eigenvalue weighted by Gasteiger charge is 2.48. The van der Waals surface area contributed by atoms with Crippen LogP contribution in [0.25, 0.3) is 10.9 Å². The maximum Gasteiger partial charge on any atom is 0.143 e. The molecule has 4 nitrogen and oxygen atoms in total. The number of aromatic nitrogens is 2. The maximum atomic E-state index is 13.9. The summed E-state index contributed by atoms with van der Waals surface area (Å²) in [7, 11) is 0. The lowest BCUT2D eigenvalue weighted by Gasteiger charge is -2.31. The minimum atomic E-state index is -0.389. The van der Waals surface area contributed by atoms with Crippen LogP contribution in [0.4, 0.5) is 4.39 Å². The Bertz CT molecular complexity index is 1230. The van der Waals surface area contributed by atoms with Crippen LogP contribution in [0.15, 0.2) is 48.8 Å². The summed E-state index contributed by atoms with van der Waals surface area (Å²) in [5.74, 6) is 2.05. The van der Waals surface area contributed by atoms with E-state index in [1.807, 2.05) is 18.3 Å². The molecule has 0 radical (unpaired) electrons. The summed E-state index contributed by atoms with van der Waals surface area (Å²) in [5.41, 5.74) is 2.91. The van der Waals surface area contributed by atoms with Crippen LogP contribution in [-0.2, 0) is 11.2 Å². The Morgan fingerprint density at radius 1 is 1.09 bits per heavy atom. The van der Waals surface area contributed by atoms with Gasteiger partial charge in [-0.05, 0) is 90.8 Å². The van der Waals surface area contributed by atoms with Gasteiger partial charge >= 0.3 is 0 Å². The van der Waals surface area contributed by atoms with Gasteiger partial charge in [-0.2, -0.15) is 5.26 Å². The van der Waals surface area contributed by atoms with Crippen LogP contribution in [-0.4, -0.2) is 15.8 Å². The molecular formula is C28H28FN3O. The quantitative estimate of drug-likeness (QED) is 0.487. The van der Waals surface area contributed by atoms with Crippen molar-refractivity contribution in [3.05, 3.63) is 71.4 Å². The van der Waals surface area contributed by atoms with Crippen molar-refractivity contribution < 1.29 is 9.18 Å².